The molecule has 1 atom stereocenters. The van der Waals surface area contributed by atoms with Gasteiger partial charge in [0.05, 0.1) is 0 Å². The molecular weight excluding hydrogens is 301 g/mol. The van der Waals surface area contributed by atoms with Crippen LogP contribution in [0.5, 0.6) is 0 Å². The maximum atomic E-state index is 5.95. The summed E-state index contributed by atoms with van der Waals surface area (Å²) in [6.07, 6.45) is 1.91. The Labute approximate surface area is 107 Å². The molecule has 80 valence electrons. The first kappa shape index (κ1) is 12.2. The summed E-state index contributed by atoms with van der Waals surface area (Å²) >= 11 is 0. The minimum absolute atomic E-state index is 0. The van der Waals surface area contributed by atoms with Crippen molar-refractivity contribution in [1.29, 1.82) is 0 Å². The summed E-state index contributed by atoms with van der Waals surface area (Å²) in [7, 11) is 1.98. The third kappa shape index (κ3) is 2.05. The van der Waals surface area contributed by atoms with Gasteiger partial charge in [-0.2, -0.15) is 0 Å². The highest BCUT2D eigenvalue weighted by atomic mass is 127. The second-order valence-electron chi connectivity index (χ2n) is 3.61. The van der Waals surface area contributed by atoms with Gasteiger partial charge in [0.2, 0.25) is 5.82 Å². The number of halogens is 1. The van der Waals surface area contributed by atoms with Gasteiger partial charge < -0.3 is 29.7 Å². The number of quaternary nitrogens is 1. The van der Waals surface area contributed by atoms with Crippen LogP contribution in [-0.4, -0.2) is 12.8 Å². The van der Waals surface area contributed by atoms with Crippen LogP contribution in [0, 0.1) is 0 Å². The van der Waals surface area contributed by atoms with Gasteiger partial charge in [-0.25, -0.2) is 0 Å². The standard InChI is InChI=1S/C11H14N3.HI/c1-9-8-11(12)14(2,13-9)10-6-4-3-5-7-10;/h3-8H,12H2,1-2H3;1H/q+1;/p-1. The Morgan fingerprint density at radius 1 is 1.20 bits per heavy atom. The van der Waals surface area contributed by atoms with Crippen LogP contribution < -0.4 is 34.3 Å². The van der Waals surface area contributed by atoms with Crippen LogP contribution in [0.1, 0.15) is 6.92 Å². The molecule has 1 aliphatic heterocycles. The molecule has 0 aromatic heterocycles. The Balaban J connectivity index is 0.00000112. The predicted octanol–water partition coefficient (Wildman–Crippen LogP) is -1.18. The van der Waals surface area contributed by atoms with Gasteiger partial charge in [0, 0.05) is 18.2 Å². The SMILES string of the molecule is CC1=N[N+](C)(c2ccccc2)C(N)=C1.[I-]. The summed E-state index contributed by atoms with van der Waals surface area (Å²) in [6, 6.07) is 10.0. The van der Waals surface area contributed by atoms with Crippen LogP contribution >= 0.6 is 0 Å². The van der Waals surface area contributed by atoms with Crippen molar-refractivity contribution in [3.8, 4) is 0 Å². The van der Waals surface area contributed by atoms with Gasteiger partial charge in [-0.3, -0.25) is 0 Å². The minimum Gasteiger partial charge on any atom is -1.00 e. The molecule has 2 N–H and O–H groups in total. The predicted molar refractivity (Wildman–Crippen MR) is 59.5 cm³/mol. The van der Waals surface area contributed by atoms with Crippen LogP contribution in [-0.2, 0) is 0 Å². The number of allylic oxidation sites excluding steroid dienone is 1. The molecule has 0 saturated carbocycles. The summed E-state index contributed by atoms with van der Waals surface area (Å²) in [5.74, 6) is 0.758. The van der Waals surface area contributed by atoms with E-state index in [2.05, 4.69) is 5.10 Å². The van der Waals surface area contributed by atoms with Crippen molar-refractivity contribution in [1.82, 2.24) is 4.59 Å². The molecule has 0 bridgehead atoms. The Kier molecular flexibility index (Phi) is 3.51. The number of rotatable bonds is 1. The molecule has 1 aromatic rings. The Hall–Kier alpha value is -0.880. The zero-order valence-electron chi connectivity index (χ0n) is 8.81. The lowest BCUT2D eigenvalue weighted by Gasteiger charge is -2.23. The van der Waals surface area contributed by atoms with Crippen molar-refractivity contribution < 1.29 is 24.0 Å². The van der Waals surface area contributed by atoms with Crippen molar-refractivity contribution in [3.05, 3.63) is 42.2 Å². The van der Waals surface area contributed by atoms with E-state index in [1.165, 1.54) is 0 Å². The van der Waals surface area contributed by atoms with E-state index in [1.54, 1.807) is 0 Å². The van der Waals surface area contributed by atoms with Crippen molar-refractivity contribution in [2.24, 2.45) is 10.8 Å². The molecule has 1 heterocycles. The van der Waals surface area contributed by atoms with Crippen LogP contribution in [0.3, 0.4) is 0 Å². The van der Waals surface area contributed by atoms with Crippen LogP contribution in [0.2, 0.25) is 0 Å². The second-order valence-corrected chi connectivity index (χ2v) is 3.61. The number of hydrogen-bond acceptors (Lipinski definition) is 2. The fourth-order valence-electron chi connectivity index (χ4n) is 1.67. The Bertz CT molecular complexity index is 411. The van der Waals surface area contributed by atoms with Crippen molar-refractivity contribution in [3.63, 3.8) is 0 Å². The van der Waals surface area contributed by atoms with Gasteiger partial charge in [0.1, 0.15) is 12.8 Å². The molecule has 0 fully saturated rings. The zero-order chi connectivity index (χ0) is 10.2. The summed E-state index contributed by atoms with van der Waals surface area (Å²) in [5.41, 5.74) is 8.00. The van der Waals surface area contributed by atoms with Crippen LogP contribution in [0.4, 0.5) is 5.69 Å². The molecule has 0 aliphatic carbocycles. The molecule has 1 aromatic carbocycles. The maximum absolute atomic E-state index is 5.95. The largest absolute Gasteiger partial charge is 1.00 e. The maximum Gasteiger partial charge on any atom is 0.232 e. The second kappa shape index (κ2) is 4.32. The average molecular weight is 315 g/mol. The summed E-state index contributed by atoms with van der Waals surface area (Å²) in [6.45, 7) is 1.96. The number of hydrogen-bond donors (Lipinski definition) is 1. The van der Waals surface area contributed by atoms with Gasteiger partial charge in [0.25, 0.3) is 0 Å². The molecule has 4 heteroatoms. The van der Waals surface area contributed by atoms with Crippen molar-refractivity contribution in [2.75, 3.05) is 7.05 Å². The quantitative estimate of drug-likeness (QED) is 0.514. The van der Waals surface area contributed by atoms with E-state index in [4.69, 9.17) is 5.73 Å². The van der Waals surface area contributed by atoms with Gasteiger partial charge in [-0.05, 0) is 6.92 Å². The molecule has 1 aliphatic rings. The number of nitrogens with zero attached hydrogens (tertiary/aromatic N) is 2. The summed E-state index contributed by atoms with van der Waals surface area (Å²) in [4.78, 5) is 0. The summed E-state index contributed by atoms with van der Waals surface area (Å²) in [5, 5.41) is 4.51. The van der Waals surface area contributed by atoms with Gasteiger partial charge in [-0.15, -0.1) is 4.59 Å². The Morgan fingerprint density at radius 3 is 2.27 bits per heavy atom. The molecule has 15 heavy (non-hydrogen) atoms. The zero-order valence-corrected chi connectivity index (χ0v) is 11.0. The normalized spacial score (nSPS) is 24.1. The number of benzene rings is 1. The van der Waals surface area contributed by atoms with Crippen LogP contribution in [0.15, 0.2) is 47.3 Å². The molecule has 0 radical (unpaired) electrons. The first-order valence-electron chi connectivity index (χ1n) is 4.59. The third-order valence-electron chi connectivity index (χ3n) is 2.48. The van der Waals surface area contributed by atoms with E-state index in [9.17, 15) is 0 Å². The van der Waals surface area contributed by atoms with E-state index in [1.807, 2.05) is 50.4 Å². The monoisotopic (exact) mass is 315 g/mol. The molecular formula is C11H14IN3. The minimum atomic E-state index is 0. The third-order valence-corrected chi connectivity index (χ3v) is 2.48. The number of para-hydroxylation sites is 1. The highest BCUT2D eigenvalue weighted by molar-refractivity contribution is 5.96. The van der Waals surface area contributed by atoms with E-state index in [0.717, 1.165) is 17.2 Å². The van der Waals surface area contributed by atoms with E-state index < -0.39 is 0 Å². The van der Waals surface area contributed by atoms with E-state index >= 15 is 0 Å². The smallest absolute Gasteiger partial charge is 0.232 e. The Morgan fingerprint density at radius 2 is 1.80 bits per heavy atom. The average Bonchev–Trinajstić information content (AvgIpc) is 2.43. The van der Waals surface area contributed by atoms with E-state index in [0.29, 0.717) is 4.59 Å². The molecule has 2 rings (SSSR count). The van der Waals surface area contributed by atoms with Crippen molar-refractivity contribution in [2.45, 2.75) is 6.92 Å². The molecule has 0 amide bonds. The molecule has 0 spiro atoms. The first-order valence-corrected chi connectivity index (χ1v) is 4.59. The fraction of sp³-hybridized carbons (Fsp3) is 0.182. The van der Waals surface area contributed by atoms with Gasteiger partial charge >= 0.3 is 0 Å². The summed E-state index contributed by atoms with van der Waals surface area (Å²) < 4.78 is 0.340. The fourth-order valence-corrected chi connectivity index (χ4v) is 1.67. The molecule has 1 unspecified atom stereocenters. The highest BCUT2D eigenvalue weighted by Gasteiger charge is 2.33. The number of nitrogens with two attached hydrogens (primary N) is 1. The lowest BCUT2D eigenvalue weighted by molar-refractivity contribution is -0.00000312. The van der Waals surface area contributed by atoms with Crippen LogP contribution in [0.25, 0.3) is 0 Å². The van der Waals surface area contributed by atoms with Crippen molar-refractivity contribution >= 4 is 11.4 Å². The molecule has 3 nitrogen and oxygen atoms in total. The lowest BCUT2D eigenvalue weighted by atomic mass is 10.3. The highest BCUT2D eigenvalue weighted by Crippen LogP contribution is 2.28. The van der Waals surface area contributed by atoms with Gasteiger partial charge in [0.15, 0.2) is 5.69 Å². The molecule has 0 saturated heterocycles. The lowest BCUT2D eigenvalue weighted by Crippen LogP contribution is -3.00. The topological polar surface area (TPSA) is 38.4 Å². The first-order chi connectivity index (χ1) is 6.63. The van der Waals surface area contributed by atoms with Gasteiger partial charge in [-0.1, -0.05) is 23.3 Å². The van der Waals surface area contributed by atoms with E-state index in [-0.39, 0.29) is 24.0 Å².